The minimum atomic E-state index is -0.725. The number of ketones is 1. The second-order valence-electron chi connectivity index (χ2n) is 8.86. The number of amides is 2. The van der Waals surface area contributed by atoms with E-state index in [1.165, 1.54) is 0 Å². The number of nitrogens with zero attached hydrogens (tertiary/aromatic N) is 2. The highest BCUT2D eigenvalue weighted by molar-refractivity contribution is 5.94. The zero-order valence-electron chi connectivity index (χ0n) is 20.4. The molecule has 1 fully saturated rings. The number of ether oxygens (including phenoxy) is 1. The number of hydrogen-bond donors (Lipinski definition) is 1. The summed E-state index contributed by atoms with van der Waals surface area (Å²) in [5.41, 5.74) is 3.55. The lowest BCUT2D eigenvalue weighted by Gasteiger charge is -2.37. The molecule has 3 aromatic carbocycles. The zero-order valence-corrected chi connectivity index (χ0v) is 20.4. The van der Waals surface area contributed by atoms with Crippen molar-refractivity contribution in [3.63, 3.8) is 0 Å². The molecule has 1 heterocycles. The van der Waals surface area contributed by atoms with Crippen LogP contribution in [0.25, 0.3) is 0 Å². The Hall–Kier alpha value is -4.13. The van der Waals surface area contributed by atoms with Gasteiger partial charge in [-0.3, -0.25) is 9.59 Å². The Morgan fingerprint density at radius 1 is 0.806 bits per heavy atom. The average molecular weight is 486 g/mol. The molecule has 1 N–H and O–H groups in total. The maximum Gasteiger partial charge on any atom is 0.408 e. The third kappa shape index (κ3) is 6.72. The molecule has 0 spiro atoms. The Bertz CT molecular complexity index is 1160. The molecule has 3 aromatic rings. The van der Waals surface area contributed by atoms with Crippen LogP contribution in [0.5, 0.6) is 0 Å². The van der Waals surface area contributed by atoms with Crippen LogP contribution in [0, 0.1) is 0 Å². The SMILES string of the molecule is CC(=O)c1ccc(N2CCN(C(=O)[C@H](Cc3ccccc3)NC(=O)OCc3ccccc3)CC2)cc1. The van der Waals surface area contributed by atoms with Crippen molar-refractivity contribution in [3.05, 3.63) is 102 Å². The van der Waals surface area contributed by atoms with Crippen LogP contribution < -0.4 is 10.2 Å². The number of Topliss-reactive ketones (excluding diaryl/α,β-unsaturated/α-hetero) is 1. The van der Waals surface area contributed by atoms with Crippen molar-refractivity contribution in [2.24, 2.45) is 0 Å². The molecule has 0 aliphatic carbocycles. The number of hydrogen-bond acceptors (Lipinski definition) is 5. The fourth-order valence-corrected chi connectivity index (χ4v) is 4.27. The molecule has 0 bridgehead atoms. The highest BCUT2D eigenvalue weighted by atomic mass is 16.5. The second-order valence-corrected chi connectivity index (χ2v) is 8.86. The maximum atomic E-state index is 13.5. The van der Waals surface area contributed by atoms with E-state index in [2.05, 4.69) is 10.2 Å². The van der Waals surface area contributed by atoms with Crippen molar-refractivity contribution in [2.45, 2.75) is 26.0 Å². The van der Waals surface area contributed by atoms with Gasteiger partial charge in [-0.1, -0.05) is 60.7 Å². The Balaban J connectivity index is 1.37. The predicted octanol–water partition coefficient (Wildman–Crippen LogP) is 4.08. The number of nitrogens with one attached hydrogen (secondary N) is 1. The summed E-state index contributed by atoms with van der Waals surface area (Å²) < 4.78 is 5.38. The molecular formula is C29H31N3O4. The number of carbonyl (C=O) groups excluding carboxylic acids is 3. The topological polar surface area (TPSA) is 79.0 Å². The highest BCUT2D eigenvalue weighted by Gasteiger charge is 2.29. The van der Waals surface area contributed by atoms with Crippen LogP contribution in [0.1, 0.15) is 28.4 Å². The van der Waals surface area contributed by atoms with Crippen LogP contribution in [0.2, 0.25) is 0 Å². The van der Waals surface area contributed by atoms with Gasteiger partial charge >= 0.3 is 6.09 Å². The van der Waals surface area contributed by atoms with Crippen LogP contribution in [-0.2, 0) is 22.6 Å². The summed E-state index contributed by atoms with van der Waals surface area (Å²) in [7, 11) is 0. The molecule has 0 aromatic heterocycles. The first-order chi connectivity index (χ1) is 17.5. The van der Waals surface area contributed by atoms with Gasteiger partial charge < -0.3 is 19.9 Å². The Morgan fingerprint density at radius 3 is 1.97 bits per heavy atom. The van der Waals surface area contributed by atoms with E-state index in [4.69, 9.17) is 4.74 Å². The highest BCUT2D eigenvalue weighted by Crippen LogP contribution is 2.18. The molecule has 0 unspecified atom stereocenters. The summed E-state index contributed by atoms with van der Waals surface area (Å²) in [6.07, 6.45) is -0.232. The predicted molar refractivity (Wildman–Crippen MR) is 139 cm³/mol. The molecule has 186 valence electrons. The van der Waals surface area contributed by atoms with Gasteiger partial charge in [-0.15, -0.1) is 0 Å². The molecule has 7 heteroatoms. The molecule has 0 radical (unpaired) electrons. The van der Waals surface area contributed by atoms with Gasteiger partial charge in [0.1, 0.15) is 12.6 Å². The summed E-state index contributed by atoms with van der Waals surface area (Å²) in [4.78, 5) is 41.6. The maximum absolute atomic E-state index is 13.5. The largest absolute Gasteiger partial charge is 0.445 e. The van der Waals surface area contributed by atoms with E-state index in [0.717, 1.165) is 16.8 Å². The number of carbonyl (C=O) groups is 3. The van der Waals surface area contributed by atoms with Gasteiger partial charge in [0, 0.05) is 43.9 Å². The summed E-state index contributed by atoms with van der Waals surface area (Å²) in [5.74, 6) is -0.0849. The van der Waals surface area contributed by atoms with Crippen LogP contribution in [-0.4, -0.2) is 54.9 Å². The Kier molecular flexibility index (Phi) is 8.34. The first-order valence-corrected chi connectivity index (χ1v) is 12.2. The van der Waals surface area contributed by atoms with E-state index in [1.54, 1.807) is 11.8 Å². The van der Waals surface area contributed by atoms with Crippen molar-refractivity contribution >= 4 is 23.5 Å². The van der Waals surface area contributed by atoms with Gasteiger partial charge in [0.05, 0.1) is 0 Å². The lowest BCUT2D eigenvalue weighted by Crippen LogP contribution is -2.55. The summed E-state index contributed by atoms with van der Waals surface area (Å²) in [6.45, 7) is 4.11. The molecule has 0 saturated carbocycles. The lowest BCUT2D eigenvalue weighted by atomic mass is 10.0. The smallest absolute Gasteiger partial charge is 0.408 e. The quantitative estimate of drug-likeness (QED) is 0.487. The molecule has 7 nitrogen and oxygen atoms in total. The Morgan fingerprint density at radius 2 is 1.39 bits per heavy atom. The van der Waals surface area contributed by atoms with Crippen molar-refractivity contribution in [1.29, 1.82) is 0 Å². The van der Waals surface area contributed by atoms with Crippen molar-refractivity contribution in [1.82, 2.24) is 10.2 Å². The summed E-state index contributed by atoms with van der Waals surface area (Å²) in [6, 6.07) is 25.9. The molecule has 1 aliphatic heterocycles. The molecule has 1 aliphatic rings. The average Bonchev–Trinajstić information content (AvgIpc) is 2.92. The van der Waals surface area contributed by atoms with Gasteiger partial charge in [-0.25, -0.2) is 4.79 Å². The first-order valence-electron chi connectivity index (χ1n) is 12.2. The number of benzene rings is 3. The van der Waals surface area contributed by atoms with E-state index >= 15 is 0 Å². The summed E-state index contributed by atoms with van der Waals surface area (Å²) >= 11 is 0. The number of piperazine rings is 1. The van der Waals surface area contributed by atoms with E-state index in [1.807, 2.05) is 84.9 Å². The third-order valence-electron chi connectivity index (χ3n) is 6.32. The van der Waals surface area contributed by atoms with Crippen molar-refractivity contribution in [2.75, 3.05) is 31.1 Å². The molecule has 4 rings (SSSR count). The van der Waals surface area contributed by atoms with E-state index in [0.29, 0.717) is 38.2 Å². The monoisotopic (exact) mass is 485 g/mol. The van der Waals surface area contributed by atoms with Crippen LogP contribution >= 0.6 is 0 Å². The van der Waals surface area contributed by atoms with Crippen LogP contribution in [0.3, 0.4) is 0 Å². The van der Waals surface area contributed by atoms with E-state index in [9.17, 15) is 14.4 Å². The van der Waals surface area contributed by atoms with E-state index < -0.39 is 12.1 Å². The minimum Gasteiger partial charge on any atom is -0.445 e. The van der Waals surface area contributed by atoms with Gasteiger partial charge in [0.25, 0.3) is 0 Å². The lowest BCUT2D eigenvalue weighted by molar-refractivity contribution is -0.133. The summed E-state index contributed by atoms with van der Waals surface area (Å²) in [5, 5.41) is 2.79. The molecule has 2 amide bonds. The standard InChI is InChI=1S/C29H31N3O4/c1-22(33)25-12-14-26(15-13-25)31-16-18-32(19-17-31)28(34)27(20-23-8-4-2-5-9-23)30-29(35)36-21-24-10-6-3-7-11-24/h2-15,27H,16-21H2,1H3,(H,30,35)/t27-/m0/s1. The third-order valence-corrected chi connectivity index (χ3v) is 6.32. The van der Waals surface area contributed by atoms with Gasteiger partial charge in [0.15, 0.2) is 5.78 Å². The number of alkyl carbamates (subject to hydrolysis) is 1. The molecular weight excluding hydrogens is 454 g/mol. The van der Waals surface area contributed by atoms with Gasteiger partial charge in [-0.05, 0) is 42.3 Å². The number of rotatable bonds is 8. The first kappa shape index (κ1) is 25.0. The van der Waals surface area contributed by atoms with E-state index in [-0.39, 0.29) is 18.3 Å². The molecule has 36 heavy (non-hydrogen) atoms. The van der Waals surface area contributed by atoms with Gasteiger partial charge in [0.2, 0.25) is 5.91 Å². The fraction of sp³-hybridized carbons (Fsp3) is 0.276. The molecule has 1 atom stereocenters. The second kappa shape index (κ2) is 12.0. The zero-order chi connectivity index (χ0) is 25.3. The minimum absolute atomic E-state index is 0.0382. The van der Waals surface area contributed by atoms with Crippen LogP contribution in [0.4, 0.5) is 10.5 Å². The number of anilines is 1. The Labute approximate surface area is 211 Å². The fourth-order valence-electron chi connectivity index (χ4n) is 4.27. The normalized spacial score (nSPS) is 14.1. The van der Waals surface area contributed by atoms with Gasteiger partial charge in [-0.2, -0.15) is 0 Å². The van der Waals surface area contributed by atoms with Crippen LogP contribution in [0.15, 0.2) is 84.9 Å². The van der Waals surface area contributed by atoms with Crippen molar-refractivity contribution < 1.29 is 19.1 Å². The van der Waals surface area contributed by atoms with Crippen molar-refractivity contribution in [3.8, 4) is 0 Å². The molecule has 1 saturated heterocycles.